The zero-order chi connectivity index (χ0) is 32.7. The maximum Gasteiger partial charge on any atom is 0.0541 e. The minimum atomic E-state index is 0.226. The zero-order valence-corrected chi connectivity index (χ0v) is 28.0. The summed E-state index contributed by atoms with van der Waals surface area (Å²) in [5.74, 6) is 0.226. The molecule has 4 aliphatic rings. The van der Waals surface area contributed by atoms with Crippen LogP contribution in [0.1, 0.15) is 38.2 Å². The maximum absolute atomic E-state index is 2.63. The van der Waals surface area contributed by atoms with Gasteiger partial charge in [-0.05, 0) is 100 Å². The molecule has 49 heavy (non-hydrogen) atoms. The van der Waals surface area contributed by atoms with Gasteiger partial charge in [0.2, 0.25) is 0 Å². The highest BCUT2D eigenvalue weighted by atomic mass is 15.2. The molecular formula is C47H40N2. The Kier molecular flexibility index (Phi) is 7.50. The van der Waals surface area contributed by atoms with Gasteiger partial charge in [-0.3, -0.25) is 0 Å². The van der Waals surface area contributed by atoms with Gasteiger partial charge in [0.25, 0.3) is 0 Å². The maximum atomic E-state index is 2.63. The monoisotopic (exact) mass is 632 g/mol. The van der Waals surface area contributed by atoms with E-state index in [1.165, 1.54) is 77.2 Å². The second kappa shape index (κ2) is 12.5. The molecule has 2 aliphatic carbocycles. The van der Waals surface area contributed by atoms with Crippen molar-refractivity contribution in [3.8, 4) is 5.69 Å². The van der Waals surface area contributed by atoms with Crippen molar-refractivity contribution in [3.63, 3.8) is 0 Å². The molecule has 238 valence electrons. The van der Waals surface area contributed by atoms with Crippen molar-refractivity contribution >= 4 is 39.5 Å². The number of para-hydroxylation sites is 2. The van der Waals surface area contributed by atoms with Crippen LogP contribution in [-0.4, -0.2) is 16.0 Å². The molecule has 0 saturated heterocycles. The highest BCUT2D eigenvalue weighted by Gasteiger charge is 2.29. The normalized spacial score (nSPS) is 22.5. The lowest BCUT2D eigenvalue weighted by Gasteiger charge is -2.37. The third kappa shape index (κ3) is 5.38. The fourth-order valence-corrected chi connectivity index (χ4v) is 8.19. The highest BCUT2D eigenvalue weighted by molar-refractivity contribution is 6.10. The number of hydrogen-bond donors (Lipinski definition) is 0. The van der Waals surface area contributed by atoms with Crippen LogP contribution < -0.4 is 10.4 Å². The summed E-state index contributed by atoms with van der Waals surface area (Å²) in [4.78, 5) is 2.63. The van der Waals surface area contributed by atoms with Gasteiger partial charge in [0.1, 0.15) is 0 Å². The molecule has 4 aromatic carbocycles. The molecule has 1 atom stereocenters. The first-order valence-electron chi connectivity index (χ1n) is 17.7. The van der Waals surface area contributed by atoms with E-state index in [0.29, 0.717) is 0 Å². The van der Waals surface area contributed by atoms with E-state index in [1.807, 2.05) is 0 Å². The molecule has 1 aromatic heterocycles. The summed E-state index contributed by atoms with van der Waals surface area (Å²) >= 11 is 0. The van der Waals surface area contributed by atoms with E-state index in [9.17, 15) is 0 Å². The quantitative estimate of drug-likeness (QED) is 0.188. The molecule has 9 rings (SSSR count). The van der Waals surface area contributed by atoms with Gasteiger partial charge in [0, 0.05) is 40.3 Å². The summed E-state index contributed by atoms with van der Waals surface area (Å²) in [5.41, 5.74) is 13.3. The van der Waals surface area contributed by atoms with Gasteiger partial charge in [0.15, 0.2) is 0 Å². The molecule has 0 spiro atoms. The largest absolute Gasteiger partial charge is 0.337 e. The van der Waals surface area contributed by atoms with Crippen LogP contribution >= 0.6 is 0 Å². The van der Waals surface area contributed by atoms with E-state index in [-0.39, 0.29) is 5.92 Å². The topological polar surface area (TPSA) is 8.17 Å². The van der Waals surface area contributed by atoms with Crippen molar-refractivity contribution < 1.29 is 0 Å². The Hall–Kier alpha value is -5.60. The Morgan fingerprint density at radius 2 is 1.43 bits per heavy atom. The Labute approximate surface area is 288 Å². The van der Waals surface area contributed by atoms with Crippen LogP contribution in [0.5, 0.6) is 0 Å². The summed E-state index contributed by atoms with van der Waals surface area (Å²) < 4.78 is 2.40. The van der Waals surface area contributed by atoms with E-state index in [1.54, 1.807) is 0 Å². The number of hydrogen-bond acceptors (Lipinski definition) is 1. The van der Waals surface area contributed by atoms with Gasteiger partial charge in [-0.25, -0.2) is 0 Å². The number of fused-ring (bicyclic) bond motifs is 9. The van der Waals surface area contributed by atoms with Crippen molar-refractivity contribution in [2.45, 2.75) is 32.6 Å². The number of allylic oxidation sites excluding steroid dienone is 12. The van der Waals surface area contributed by atoms with Crippen LogP contribution in [0.3, 0.4) is 0 Å². The lowest BCUT2D eigenvalue weighted by molar-refractivity contribution is 0.452. The molecule has 2 nitrogen and oxygen atoms in total. The first kappa shape index (κ1) is 29.5. The standard InChI is InChI=1S/C47H40N2/c1-33-27-39(37-25-26-46-43(30-37)42-20-13-14-22-45(42)49(46)40-17-7-6-8-18-40)29-34-28-38-24-23-35-15-11-12-16-36(35)31-47(38)48(32-34)44-21-10-5-3-2-4-9-19-41(33)44/h2-8,11-23,25-27,29-31,33H,9-10,24,28,32H2,1H3/b4-2-,5-3-,34-29-,39-27+,41-19?,44-21?. The number of aromatic nitrogens is 1. The molecular weight excluding hydrogens is 593 g/mol. The third-order valence-corrected chi connectivity index (χ3v) is 10.5. The number of benzene rings is 4. The number of nitrogens with zero attached hydrogens (tertiary/aromatic N) is 2. The first-order chi connectivity index (χ1) is 24.2. The van der Waals surface area contributed by atoms with Crippen molar-refractivity contribution in [1.82, 2.24) is 9.47 Å². The Morgan fingerprint density at radius 1 is 0.673 bits per heavy atom. The number of rotatable bonds is 2. The van der Waals surface area contributed by atoms with E-state index in [0.717, 1.165) is 32.2 Å². The second-order valence-corrected chi connectivity index (χ2v) is 13.6. The van der Waals surface area contributed by atoms with Crippen LogP contribution in [0.25, 0.3) is 45.2 Å². The van der Waals surface area contributed by atoms with Gasteiger partial charge in [-0.15, -0.1) is 0 Å². The molecule has 2 heteroatoms. The smallest absolute Gasteiger partial charge is 0.0541 e. The fraction of sp³-hybridized carbons (Fsp3) is 0.149. The van der Waals surface area contributed by atoms with E-state index in [2.05, 4.69) is 174 Å². The zero-order valence-electron chi connectivity index (χ0n) is 28.0. The van der Waals surface area contributed by atoms with Gasteiger partial charge >= 0.3 is 0 Å². The molecule has 3 heterocycles. The predicted molar refractivity (Wildman–Crippen MR) is 207 cm³/mol. The van der Waals surface area contributed by atoms with Crippen LogP contribution in [0.15, 0.2) is 174 Å². The average molecular weight is 633 g/mol. The van der Waals surface area contributed by atoms with Gasteiger partial charge in [-0.2, -0.15) is 0 Å². The molecule has 0 saturated carbocycles. The molecule has 0 N–H and O–H groups in total. The lowest BCUT2D eigenvalue weighted by Crippen LogP contribution is -2.32. The molecule has 1 unspecified atom stereocenters. The lowest BCUT2D eigenvalue weighted by atomic mass is 9.91. The van der Waals surface area contributed by atoms with Gasteiger partial charge in [0.05, 0.1) is 11.0 Å². The van der Waals surface area contributed by atoms with Crippen LogP contribution in [-0.2, 0) is 0 Å². The van der Waals surface area contributed by atoms with Crippen LogP contribution in [0.4, 0.5) is 0 Å². The summed E-state index contributed by atoms with van der Waals surface area (Å²) in [6.07, 6.45) is 27.5. The third-order valence-electron chi connectivity index (χ3n) is 10.5. The first-order valence-corrected chi connectivity index (χ1v) is 17.7. The Balaban J connectivity index is 1.24. The van der Waals surface area contributed by atoms with Crippen molar-refractivity contribution in [2.24, 2.45) is 5.92 Å². The van der Waals surface area contributed by atoms with Crippen molar-refractivity contribution in [3.05, 3.63) is 190 Å². The van der Waals surface area contributed by atoms with Gasteiger partial charge in [-0.1, -0.05) is 128 Å². The van der Waals surface area contributed by atoms with Crippen molar-refractivity contribution in [1.29, 1.82) is 0 Å². The molecule has 0 fully saturated rings. The van der Waals surface area contributed by atoms with Crippen LogP contribution in [0, 0.1) is 5.92 Å². The second-order valence-electron chi connectivity index (χ2n) is 13.6. The predicted octanol–water partition coefficient (Wildman–Crippen LogP) is 10.1. The van der Waals surface area contributed by atoms with E-state index < -0.39 is 0 Å². The Bertz CT molecular complexity index is 2470. The molecule has 0 radical (unpaired) electrons. The fourth-order valence-electron chi connectivity index (χ4n) is 8.19. The van der Waals surface area contributed by atoms with Crippen molar-refractivity contribution in [2.75, 3.05) is 6.54 Å². The minimum absolute atomic E-state index is 0.226. The average Bonchev–Trinajstić information content (AvgIpc) is 3.36. The minimum Gasteiger partial charge on any atom is -0.337 e. The summed E-state index contributed by atoms with van der Waals surface area (Å²) in [6, 6.07) is 35.5. The van der Waals surface area contributed by atoms with Gasteiger partial charge < -0.3 is 9.47 Å². The summed E-state index contributed by atoms with van der Waals surface area (Å²) in [5, 5.41) is 5.22. The molecule has 2 bridgehead atoms. The molecule has 5 aromatic rings. The van der Waals surface area contributed by atoms with Crippen LogP contribution in [0.2, 0.25) is 0 Å². The highest BCUT2D eigenvalue weighted by Crippen LogP contribution is 2.41. The van der Waals surface area contributed by atoms with E-state index in [4.69, 9.17) is 0 Å². The molecule has 0 amide bonds. The SMILES string of the molecule is CC1/C=C(c2ccc3c(c2)c2ccccc2n3-c2ccccc2)\C=C2\CC3=C(C=c4ccccc4=CC3)N(C2)C2=CC/C=C\C=C/CC=C21. The summed E-state index contributed by atoms with van der Waals surface area (Å²) in [6.45, 7) is 3.27. The summed E-state index contributed by atoms with van der Waals surface area (Å²) in [7, 11) is 0. The Morgan fingerprint density at radius 3 is 2.31 bits per heavy atom. The van der Waals surface area contributed by atoms with E-state index >= 15 is 0 Å². The molecule has 2 aliphatic heterocycles.